The summed E-state index contributed by atoms with van der Waals surface area (Å²) in [6, 6.07) is 11.1. The molecule has 3 aliphatic carbocycles. The van der Waals surface area contributed by atoms with Crippen LogP contribution in [0.5, 0.6) is 0 Å². The first kappa shape index (κ1) is 6.71. The van der Waals surface area contributed by atoms with Crippen molar-refractivity contribution >= 4 is 0 Å². The molecule has 0 aromatic heterocycles. The lowest BCUT2D eigenvalue weighted by Gasteiger charge is -2.39. The Balaban J connectivity index is 1.99. The van der Waals surface area contributed by atoms with E-state index in [1.807, 2.05) is 0 Å². The van der Waals surface area contributed by atoms with Gasteiger partial charge in [-0.15, -0.1) is 0 Å². The van der Waals surface area contributed by atoms with Crippen LogP contribution in [0.1, 0.15) is 31.2 Å². The SMILES string of the molecule is c1ccc(C23CCC(C2)C3)cc1. The van der Waals surface area contributed by atoms with Gasteiger partial charge in [-0.1, -0.05) is 30.3 Å². The summed E-state index contributed by atoms with van der Waals surface area (Å²) in [6.07, 6.45) is 5.87. The van der Waals surface area contributed by atoms with Crippen molar-refractivity contribution in [2.75, 3.05) is 0 Å². The Morgan fingerprint density at radius 2 is 1.83 bits per heavy atom. The van der Waals surface area contributed by atoms with Crippen LogP contribution in [0.15, 0.2) is 30.3 Å². The second kappa shape index (κ2) is 2.12. The van der Waals surface area contributed by atoms with Crippen molar-refractivity contribution in [1.29, 1.82) is 0 Å². The van der Waals surface area contributed by atoms with Gasteiger partial charge in [-0.05, 0) is 42.6 Å². The van der Waals surface area contributed by atoms with E-state index in [4.69, 9.17) is 0 Å². The van der Waals surface area contributed by atoms with Crippen LogP contribution >= 0.6 is 0 Å². The van der Waals surface area contributed by atoms with Crippen LogP contribution in [0.3, 0.4) is 0 Å². The smallest absolute Gasteiger partial charge is 0.00416 e. The molecule has 3 saturated carbocycles. The van der Waals surface area contributed by atoms with Gasteiger partial charge in [-0.2, -0.15) is 0 Å². The molecule has 0 aliphatic heterocycles. The van der Waals surface area contributed by atoms with Gasteiger partial charge in [0.25, 0.3) is 0 Å². The molecule has 0 atom stereocenters. The first-order valence-corrected chi connectivity index (χ1v) is 4.95. The van der Waals surface area contributed by atoms with Gasteiger partial charge in [0.2, 0.25) is 0 Å². The minimum Gasteiger partial charge on any atom is -0.0622 e. The van der Waals surface area contributed by atoms with Gasteiger partial charge in [0.15, 0.2) is 0 Å². The summed E-state index contributed by atoms with van der Waals surface area (Å²) in [5, 5.41) is 0. The van der Waals surface area contributed by atoms with Crippen molar-refractivity contribution in [3.8, 4) is 0 Å². The highest BCUT2D eigenvalue weighted by Crippen LogP contribution is 2.59. The molecule has 0 amide bonds. The van der Waals surface area contributed by atoms with Crippen molar-refractivity contribution in [2.45, 2.75) is 31.1 Å². The van der Waals surface area contributed by atoms with E-state index < -0.39 is 0 Å². The van der Waals surface area contributed by atoms with Crippen molar-refractivity contribution in [1.82, 2.24) is 0 Å². The zero-order valence-corrected chi connectivity index (χ0v) is 7.29. The Bertz CT molecular complexity index is 275. The monoisotopic (exact) mass is 158 g/mol. The highest BCUT2D eigenvalue weighted by Gasteiger charge is 2.50. The molecule has 0 N–H and O–H groups in total. The molecular formula is C12H14. The molecule has 62 valence electrons. The van der Waals surface area contributed by atoms with Crippen LogP contribution in [0.4, 0.5) is 0 Å². The van der Waals surface area contributed by atoms with Crippen LogP contribution in [-0.2, 0) is 5.41 Å². The quantitative estimate of drug-likeness (QED) is 0.589. The van der Waals surface area contributed by atoms with Crippen molar-refractivity contribution in [2.24, 2.45) is 5.92 Å². The largest absolute Gasteiger partial charge is 0.0622 e. The van der Waals surface area contributed by atoms with Crippen molar-refractivity contribution in [3.63, 3.8) is 0 Å². The number of fused-ring (bicyclic) bond motifs is 1. The van der Waals surface area contributed by atoms with E-state index in [9.17, 15) is 0 Å². The maximum absolute atomic E-state index is 2.31. The second-order valence-electron chi connectivity index (χ2n) is 4.46. The zero-order valence-electron chi connectivity index (χ0n) is 7.29. The molecule has 12 heavy (non-hydrogen) atoms. The van der Waals surface area contributed by atoms with E-state index in [-0.39, 0.29) is 0 Å². The average Bonchev–Trinajstić information content (AvgIpc) is 2.63. The van der Waals surface area contributed by atoms with E-state index in [2.05, 4.69) is 30.3 Å². The minimum absolute atomic E-state index is 0.631. The number of hydrogen-bond donors (Lipinski definition) is 0. The molecule has 4 rings (SSSR count). The average molecular weight is 158 g/mol. The lowest BCUT2D eigenvalue weighted by molar-refractivity contribution is 0.243. The Labute approximate surface area is 73.6 Å². The fraction of sp³-hybridized carbons (Fsp3) is 0.500. The molecule has 0 unspecified atom stereocenters. The van der Waals surface area contributed by atoms with Gasteiger partial charge in [-0.25, -0.2) is 0 Å². The van der Waals surface area contributed by atoms with Crippen molar-refractivity contribution < 1.29 is 0 Å². The van der Waals surface area contributed by atoms with E-state index in [1.165, 1.54) is 25.7 Å². The van der Waals surface area contributed by atoms with Gasteiger partial charge >= 0.3 is 0 Å². The number of hydrogen-bond acceptors (Lipinski definition) is 0. The van der Waals surface area contributed by atoms with Gasteiger partial charge in [-0.3, -0.25) is 0 Å². The fourth-order valence-corrected chi connectivity index (χ4v) is 3.11. The van der Waals surface area contributed by atoms with E-state index >= 15 is 0 Å². The summed E-state index contributed by atoms with van der Waals surface area (Å²) in [7, 11) is 0. The van der Waals surface area contributed by atoms with E-state index in [0.29, 0.717) is 5.41 Å². The first-order valence-electron chi connectivity index (χ1n) is 4.95. The maximum atomic E-state index is 2.31. The fourth-order valence-electron chi connectivity index (χ4n) is 3.11. The molecule has 0 heteroatoms. The lowest BCUT2D eigenvalue weighted by Crippen LogP contribution is -2.31. The predicted octanol–water partition coefficient (Wildman–Crippen LogP) is 3.13. The van der Waals surface area contributed by atoms with Gasteiger partial charge in [0.05, 0.1) is 0 Å². The topological polar surface area (TPSA) is 0 Å². The molecular weight excluding hydrogens is 144 g/mol. The summed E-state index contributed by atoms with van der Waals surface area (Å²) in [4.78, 5) is 0. The highest BCUT2D eigenvalue weighted by molar-refractivity contribution is 5.31. The van der Waals surface area contributed by atoms with E-state index in [0.717, 1.165) is 5.92 Å². The highest BCUT2D eigenvalue weighted by atomic mass is 14.5. The van der Waals surface area contributed by atoms with Gasteiger partial charge in [0, 0.05) is 0 Å². The Hall–Kier alpha value is -0.780. The second-order valence-corrected chi connectivity index (χ2v) is 4.46. The summed E-state index contributed by atoms with van der Waals surface area (Å²) in [5.41, 5.74) is 2.23. The third kappa shape index (κ3) is 0.730. The molecule has 1 aromatic rings. The Morgan fingerprint density at radius 3 is 2.42 bits per heavy atom. The standard InChI is InChI=1S/C12H14/c1-2-4-11(5-3-1)12-7-6-10(8-12)9-12/h1-5,10H,6-9H2. The molecule has 0 heterocycles. The summed E-state index contributed by atoms with van der Waals surface area (Å²) < 4.78 is 0. The number of rotatable bonds is 1. The van der Waals surface area contributed by atoms with E-state index in [1.54, 1.807) is 5.56 Å². The third-order valence-electron chi connectivity index (χ3n) is 3.78. The third-order valence-corrected chi connectivity index (χ3v) is 3.78. The maximum Gasteiger partial charge on any atom is -0.00416 e. The molecule has 0 spiro atoms. The lowest BCUT2D eigenvalue weighted by atomic mass is 9.65. The molecule has 0 saturated heterocycles. The zero-order chi connectivity index (χ0) is 8.02. The van der Waals surface area contributed by atoms with Gasteiger partial charge < -0.3 is 0 Å². The summed E-state index contributed by atoms with van der Waals surface area (Å²) in [6.45, 7) is 0. The molecule has 0 radical (unpaired) electrons. The normalized spacial score (nSPS) is 37.8. The van der Waals surface area contributed by atoms with Crippen LogP contribution in [0.25, 0.3) is 0 Å². The Kier molecular flexibility index (Phi) is 1.19. The molecule has 3 fully saturated rings. The minimum atomic E-state index is 0.631. The van der Waals surface area contributed by atoms with Crippen LogP contribution < -0.4 is 0 Å². The first-order chi connectivity index (χ1) is 5.89. The molecule has 0 nitrogen and oxygen atoms in total. The van der Waals surface area contributed by atoms with Crippen LogP contribution in [0, 0.1) is 5.92 Å². The Morgan fingerprint density at radius 1 is 1.08 bits per heavy atom. The molecule has 2 bridgehead atoms. The van der Waals surface area contributed by atoms with Crippen molar-refractivity contribution in [3.05, 3.63) is 35.9 Å². The molecule has 3 aliphatic rings. The van der Waals surface area contributed by atoms with Crippen LogP contribution in [0.2, 0.25) is 0 Å². The van der Waals surface area contributed by atoms with Crippen LogP contribution in [-0.4, -0.2) is 0 Å². The summed E-state index contributed by atoms with van der Waals surface area (Å²) in [5.74, 6) is 1.07. The molecule has 1 aromatic carbocycles. The van der Waals surface area contributed by atoms with Gasteiger partial charge in [0.1, 0.15) is 0 Å². The summed E-state index contributed by atoms with van der Waals surface area (Å²) >= 11 is 0. The number of benzene rings is 1. The predicted molar refractivity (Wildman–Crippen MR) is 50.1 cm³/mol.